The Morgan fingerprint density at radius 2 is 1.95 bits per heavy atom. The van der Waals surface area contributed by atoms with Gasteiger partial charge in [0.05, 0.1) is 0 Å². The number of rotatable bonds is 8. The van der Waals surface area contributed by atoms with Crippen LogP contribution in [0.2, 0.25) is 0 Å². The average molecular weight is 292 g/mol. The van der Waals surface area contributed by atoms with Crippen molar-refractivity contribution in [3.8, 4) is 0 Å². The molecular formula is C16H24N2O3. The summed E-state index contributed by atoms with van der Waals surface area (Å²) >= 11 is 0. The van der Waals surface area contributed by atoms with Crippen molar-refractivity contribution < 1.29 is 14.7 Å². The zero-order valence-corrected chi connectivity index (χ0v) is 12.9. The molecule has 0 aliphatic rings. The van der Waals surface area contributed by atoms with Crippen LogP contribution in [0, 0.1) is 12.3 Å². The second-order valence-corrected chi connectivity index (χ2v) is 6.13. The fraction of sp³-hybridized carbons (Fsp3) is 0.500. The maximum absolute atomic E-state index is 11.2. The Kier molecular flexibility index (Phi) is 5.76. The lowest BCUT2D eigenvalue weighted by Gasteiger charge is -2.24. The molecule has 1 aromatic carbocycles. The van der Waals surface area contributed by atoms with E-state index in [2.05, 4.69) is 19.2 Å². The number of benzene rings is 1. The number of carboxylic acid groups (broad SMARTS) is 1. The second-order valence-electron chi connectivity index (χ2n) is 6.13. The van der Waals surface area contributed by atoms with Crippen LogP contribution in [-0.2, 0) is 4.79 Å². The van der Waals surface area contributed by atoms with Crippen molar-refractivity contribution in [2.45, 2.75) is 40.0 Å². The first-order valence-electron chi connectivity index (χ1n) is 7.07. The van der Waals surface area contributed by atoms with Gasteiger partial charge in [0.15, 0.2) is 0 Å². The van der Waals surface area contributed by atoms with Crippen molar-refractivity contribution in [3.63, 3.8) is 0 Å². The minimum atomic E-state index is -0.756. The van der Waals surface area contributed by atoms with Gasteiger partial charge in [-0.05, 0) is 48.9 Å². The maximum Gasteiger partial charge on any atom is 0.303 e. The lowest BCUT2D eigenvalue weighted by atomic mass is 9.84. The highest BCUT2D eigenvalue weighted by Gasteiger charge is 2.18. The Bertz CT molecular complexity index is 524. The normalized spacial score (nSPS) is 11.2. The smallest absolute Gasteiger partial charge is 0.303 e. The molecule has 0 aliphatic carbocycles. The van der Waals surface area contributed by atoms with Gasteiger partial charge in [-0.3, -0.25) is 9.59 Å². The van der Waals surface area contributed by atoms with E-state index in [0.717, 1.165) is 24.2 Å². The van der Waals surface area contributed by atoms with E-state index in [1.165, 1.54) is 0 Å². The van der Waals surface area contributed by atoms with E-state index in [4.69, 9.17) is 10.8 Å². The van der Waals surface area contributed by atoms with Crippen molar-refractivity contribution in [3.05, 3.63) is 29.3 Å². The van der Waals surface area contributed by atoms with Crippen LogP contribution in [-0.4, -0.2) is 23.5 Å². The van der Waals surface area contributed by atoms with Gasteiger partial charge in [-0.15, -0.1) is 0 Å². The molecule has 1 amide bonds. The highest BCUT2D eigenvalue weighted by molar-refractivity contribution is 5.94. The Labute approximate surface area is 125 Å². The van der Waals surface area contributed by atoms with E-state index in [9.17, 15) is 9.59 Å². The van der Waals surface area contributed by atoms with E-state index >= 15 is 0 Å². The quantitative estimate of drug-likeness (QED) is 0.687. The van der Waals surface area contributed by atoms with Crippen LogP contribution < -0.4 is 11.1 Å². The summed E-state index contributed by atoms with van der Waals surface area (Å²) in [7, 11) is 0. The van der Waals surface area contributed by atoms with Crippen LogP contribution >= 0.6 is 0 Å². The summed E-state index contributed by atoms with van der Waals surface area (Å²) in [6.45, 7) is 6.74. The van der Waals surface area contributed by atoms with Gasteiger partial charge < -0.3 is 16.2 Å². The van der Waals surface area contributed by atoms with Gasteiger partial charge in [-0.25, -0.2) is 0 Å². The van der Waals surface area contributed by atoms with Gasteiger partial charge in [0.25, 0.3) is 0 Å². The van der Waals surface area contributed by atoms with Gasteiger partial charge in [0.1, 0.15) is 0 Å². The number of nitrogens with one attached hydrogen (secondary N) is 1. The minimum Gasteiger partial charge on any atom is -0.481 e. The summed E-state index contributed by atoms with van der Waals surface area (Å²) in [6, 6.07) is 5.44. The molecule has 0 saturated carbocycles. The maximum atomic E-state index is 11.2. The molecule has 0 spiro atoms. The minimum absolute atomic E-state index is 0.0202. The van der Waals surface area contributed by atoms with Crippen molar-refractivity contribution in [1.29, 1.82) is 0 Å². The zero-order chi connectivity index (χ0) is 16.0. The van der Waals surface area contributed by atoms with Gasteiger partial charge in [-0.2, -0.15) is 0 Å². The number of anilines is 1. The monoisotopic (exact) mass is 292 g/mol. The topological polar surface area (TPSA) is 92.4 Å². The first-order chi connectivity index (χ1) is 9.71. The lowest BCUT2D eigenvalue weighted by molar-refractivity contribution is -0.137. The van der Waals surface area contributed by atoms with Crippen molar-refractivity contribution >= 4 is 17.6 Å². The summed E-state index contributed by atoms with van der Waals surface area (Å²) in [5.74, 6) is -1.18. The van der Waals surface area contributed by atoms with E-state index in [1.54, 1.807) is 6.07 Å². The summed E-state index contributed by atoms with van der Waals surface area (Å²) in [6.07, 6.45) is 1.72. The van der Waals surface area contributed by atoms with Gasteiger partial charge in [0.2, 0.25) is 5.91 Å². The van der Waals surface area contributed by atoms with Crippen LogP contribution in [0.5, 0.6) is 0 Å². The van der Waals surface area contributed by atoms with Gasteiger partial charge in [0, 0.05) is 24.2 Å². The Balaban J connectivity index is 2.50. The number of carboxylic acids is 1. The van der Waals surface area contributed by atoms with Crippen molar-refractivity contribution in [1.82, 2.24) is 0 Å². The van der Waals surface area contributed by atoms with Gasteiger partial charge >= 0.3 is 5.97 Å². The van der Waals surface area contributed by atoms with E-state index in [1.807, 2.05) is 19.1 Å². The molecule has 0 saturated heterocycles. The fourth-order valence-electron chi connectivity index (χ4n) is 2.17. The van der Waals surface area contributed by atoms with Crippen LogP contribution in [0.15, 0.2) is 18.2 Å². The Morgan fingerprint density at radius 1 is 1.29 bits per heavy atom. The average Bonchev–Trinajstić information content (AvgIpc) is 2.36. The summed E-state index contributed by atoms with van der Waals surface area (Å²) in [4.78, 5) is 21.8. The lowest BCUT2D eigenvalue weighted by Crippen LogP contribution is -2.18. The molecule has 5 heteroatoms. The SMILES string of the molecule is Cc1cc(NCCC(C)(C)CCC(=O)O)ccc1C(N)=O. The molecule has 1 aromatic rings. The third kappa shape index (κ3) is 5.85. The Hall–Kier alpha value is -2.04. The number of hydrogen-bond donors (Lipinski definition) is 3. The molecule has 116 valence electrons. The number of nitrogens with two attached hydrogens (primary N) is 1. The number of primary amides is 1. The van der Waals surface area contributed by atoms with Crippen LogP contribution in [0.1, 0.15) is 49.0 Å². The van der Waals surface area contributed by atoms with E-state index in [-0.39, 0.29) is 11.8 Å². The Morgan fingerprint density at radius 3 is 2.48 bits per heavy atom. The van der Waals surface area contributed by atoms with Crippen molar-refractivity contribution in [2.75, 3.05) is 11.9 Å². The van der Waals surface area contributed by atoms with Gasteiger partial charge in [-0.1, -0.05) is 13.8 Å². The van der Waals surface area contributed by atoms with Crippen LogP contribution in [0.3, 0.4) is 0 Å². The molecule has 21 heavy (non-hydrogen) atoms. The molecule has 0 atom stereocenters. The van der Waals surface area contributed by atoms with Crippen LogP contribution in [0.25, 0.3) is 0 Å². The first-order valence-corrected chi connectivity index (χ1v) is 7.07. The molecule has 5 nitrogen and oxygen atoms in total. The predicted molar refractivity (Wildman–Crippen MR) is 83.5 cm³/mol. The highest BCUT2D eigenvalue weighted by Crippen LogP contribution is 2.26. The number of hydrogen-bond acceptors (Lipinski definition) is 3. The second kappa shape index (κ2) is 7.11. The molecule has 0 heterocycles. The number of carbonyl (C=O) groups excluding carboxylic acids is 1. The summed E-state index contributed by atoms with van der Waals surface area (Å²) in [5.41, 5.74) is 7.56. The van der Waals surface area contributed by atoms with E-state index in [0.29, 0.717) is 12.0 Å². The molecule has 0 unspecified atom stereocenters. The third-order valence-electron chi connectivity index (χ3n) is 3.64. The third-order valence-corrected chi connectivity index (χ3v) is 3.64. The van der Waals surface area contributed by atoms with Crippen molar-refractivity contribution in [2.24, 2.45) is 11.1 Å². The number of aryl methyl sites for hydroxylation is 1. The molecule has 0 aromatic heterocycles. The molecule has 0 fully saturated rings. The molecule has 4 N–H and O–H groups in total. The molecule has 0 aliphatic heterocycles. The summed E-state index contributed by atoms with van der Waals surface area (Å²) in [5, 5.41) is 12.0. The number of carbonyl (C=O) groups is 2. The standard InChI is InChI=1S/C16H24N2O3/c1-11-10-12(4-5-13(11)15(17)21)18-9-8-16(2,3)7-6-14(19)20/h4-5,10,18H,6-9H2,1-3H3,(H2,17,21)(H,19,20). The fourth-order valence-corrected chi connectivity index (χ4v) is 2.17. The molecule has 0 bridgehead atoms. The van der Waals surface area contributed by atoms with Crippen LogP contribution in [0.4, 0.5) is 5.69 Å². The zero-order valence-electron chi connectivity index (χ0n) is 12.9. The summed E-state index contributed by atoms with van der Waals surface area (Å²) < 4.78 is 0. The molecule has 0 radical (unpaired) electrons. The molecule has 1 rings (SSSR count). The largest absolute Gasteiger partial charge is 0.481 e. The number of amides is 1. The predicted octanol–water partition coefficient (Wildman–Crippen LogP) is 2.79. The number of aliphatic carboxylic acids is 1. The van der Waals surface area contributed by atoms with E-state index < -0.39 is 11.9 Å². The highest BCUT2D eigenvalue weighted by atomic mass is 16.4. The molecular weight excluding hydrogens is 268 g/mol. The first kappa shape index (κ1) is 17.0.